The topological polar surface area (TPSA) is 52.8 Å². The lowest BCUT2D eigenvalue weighted by Crippen LogP contribution is -2.48. The fraction of sp³-hybridized carbons (Fsp3) is 0.550. The van der Waals surface area contributed by atoms with Gasteiger partial charge in [-0.2, -0.15) is 0 Å². The van der Waals surface area contributed by atoms with Gasteiger partial charge in [0.2, 0.25) is 0 Å². The Kier molecular flexibility index (Phi) is 6.14. The van der Waals surface area contributed by atoms with Crippen molar-refractivity contribution in [1.82, 2.24) is 15.5 Å². The van der Waals surface area contributed by atoms with E-state index in [-0.39, 0.29) is 5.82 Å². The van der Waals surface area contributed by atoms with Gasteiger partial charge in [-0.05, 0) is 50.9 Å². The summed E-state index contributed by atoms with van der Waals surface area (Å²) in [6.45, 7) is 8.17. The number of halogens is 1. The zero-order valence-corrected chi connectivity index (χ0v) is 15.9. The number of hydrogen-bond donors (Lipinski definition) is 2. The van der Waals surface area contributed by atoms with Gasteiger partial charge in [-0.25, -0.2) is 4.39 Å². The molecular weight excluding hydrogens is 331 g/mol. The molecule has 0 amide bonds. The Balaban J connectivity index is 1.56. The van der Waals surface area contributed by atoms with Crippen molar-refractivity contribution in [1.29, 1.82) is 0 Å². The van der Waals surface area contributed by atoms with Crippen molar-refractivity contribution in [3.63, 3.8) is 0 Å². The quantitative estimate of drug-likeness (QED) is 0.634. The number of nitrogens with zero attached hydrogens (tertiary/aromatic N) is 2. The van der Waals surface area contributed by atoms with E-state index in [4.69, 9.17) is 4.42 Å². The van der Waals surface area contributed by atoms with E-state index in [1.807, 2.05) is 6.92 Å². The molecule has 26 heavy (non-hydrogen) atoms. The largest absolute Gasteiger partial charge is 0.459 e. The van der Waals surface area contributed by atoms with Crippen molar-refractivity contribution in [2.24, 2.45) is 4.99 Å². The molecule has 0 spiro atoms. The zero-order chi connectivity index (χ0) is 18.5. The van der Waals surface area contributed by atoms with Crippen molar-refractivity contribution in [2.45, 2.75) is 45.7 Å². The number of piperidine rings is 1. The number of likely N-dealkylation sites (tertiary alicyclic amines) is 1. The van der Waals surface area contributed by atoms with Gasteiger partial charge in [-0.3, -0.25) is 4.99 Å². The molecule has 1 aromatic carbocycles. The molecule has 0 bridgehead atoms. The molecule has 142 valence electrons. The van der Waals surface area contributed by atoms with E-state index in [9.17, 15) is 4.39 Å². The van der Waals surface area contributed by atoms with Crippen molar-refractivity contribution in [3.05, 3.63) is 35.3 Å². The Hall–Kier alpha value is -2.08. The van der Waals surface area contributed by atoms with Gasteiger partial charge >= 0.3 is 0 Å². The van der Waals surface area contributed by atoms with Crippen LogP contribution in [0.3, 0.4) is 0 Å². The normalized spacial score (nSPS) is 17.0. The average Bonchev–Trinajstić information content (AvgIpc) is 2.96. The molecule has 3 rings (SSSR count). The van der Waals surface area contributed by atoms with Crippen LogP contribution in [0, 0.1) is 12.7 Å². The van der Waals surface area contributed by atoms with E-state index in [1.165, 1.54) is 25.1 Å². The number of furan rings is 1. The number of rotatable bonds is 5. The van der Waals surface area contributed by atoms with Crippen LogP contribution >= 0.6 is 0 Å². The van der Waals surface area contributed by atoms with Crippen LogP contribution in [-0.4, -0.2) is 43.6 Å². The van der Waals surface area contributed by atoms with Gasteiger partial charge in [0, 0.05) is 37.1 Å². The number of aliphatic imine (C=N–C) groups is 1. The fourth-order valence-electron chi connectivity index (χ4n) is 3.58. The Bertz CT molecular complexity index is 763. The molecule has 1 aliphatic heterocycles. The van der Waals surface area contributed by atoms with Crippen LogP contribution in [0.1, 0.15) is 37.5 Å². The van der Waals surface area contributed by atoms with Gasteiger partial charge < -0.3 is 20.0 Å². The molecular formula is C20H29FN4O. The summed E-state index contributed by atoms with van der Waals surface area (Å²) in [5.41, 5.74) is 1.68. The highest BCUT2D eigenvalue weighted by atomic mass is 19.1. The summed E-state index contributed by atoms with van der Waals surface area (Å²) in [7, 11) is 1.78. The molecule has 1 saturated heterocycles. The van der Waals surface area contributed by atoms with Crippen molar-refractivity contribution in [3.8, 4) is 0 Å². The van der Waals surface area contributed by atoms with Crippen molar-refractivity contribution in [2.75, 3.05) is 26.7 Å². The van der Waals surface area contributed by atoms with Crippen LogP contribution < -0.4 is 10.6 Å². The number of benzene rings is 1. The van der Waals surface area contributed by atoms with Gasteiger partial charge in [0.15, 0.2) is 5.96 Å². The highest BCUT2D eigenvalue weighted by Gasteiger charge is 2.19. The van der Waals surface area contributed by atoms with Crippen molar-refractivity contribution >= 4 is 16.9 Å². The minimum Gasteiger partial charge on any atom is -0.459 e. The Labute approximate surface area is 154 Å². The van der Waals surface area contributed by atoms with E-state index in [2.05, 4.69) is 27.4 Å². The lowest BCUT2D eigenvalue weighted by atomic mass is 10.1. The van der Waals surface area contributed by atoms with Crippen LogP contribution in [0.5, 0.6) is 0 Å². The third-order valence-corrected chi connectivity index (χ3v) is 5.11. The average molecular weight is 360 g/mol. The van der Waals surface area contributed by atoms with Crippen LogP contribution in [-0.2, 0) is 6.54 Å². The molecule has 1 aliphatic rings. The molecule has 1 aromatic heterocycles. The summed E-state index contributed by atoms with van der Waals surface area (Å²) in [4.78, 5) is 6.85. The molecule has 2 N–H and O–H groups in total. The van der Waals surface area contributed by atoms with Crippen LogP contribution in [0.25, 0.3) is 11.0 Å². The molecule has 0 unspecified atom stereocenters. The minimum absolute atomic E-state index is 0.243. The lowest BCUT2D eigenvalue weighted by Gasteiger charge is -2.32. The highest BCUT2D eigenvalue weighted by Crippen LogP contribution is 2.25. The van der Waals surface area contributed by atoms with Crippen LogP contribution in [0.4, 0.5) is 4.39 Å². The van der Waals surface area contributed by atoms with Crippen LogP contribution in [0.2, 0.25) is 0 Å². The number of fused-ring (bicyclic) bond motifs is 1. The SMILES string of the molecule is CCCN1CCC(NC(=NC)NCc2oc3ccc(F)cc3c2C)CC1. The maximum Gasteiger partial charge on any atom is 0.191 e. The Morgan fingerprint density at radius 1 is 1.35 bits per heavy atom. The van der Waals surface area contributed by atoms with E-state index in [1.54, 1.807) is 13.1 Å². The summed E-state index contributed by atoms with van der Waals surface area (Å²) in [6, 6.07) is 5.07. The number of nitrogens with one attached hydrogen (secondary N) is 2. The Morgan fingerprint density at radius 2 is 2.12 bits per heavy atom. The molecule has 6 heteroatoms. The van der Waals surface area contributed by atoms with Gasteiger partial charge in [-0.15, -0.1) is 0 Å². The third-order valence-electron chi connectivity index (χ3n) is 5.11. The summed E-state index contributed by atoms with van der Waals surface area (Å²) < 4.78 is 19.3. The number of guanidine groups is 1. The molecule has 2 aromatic rings. The number of hydrogen-bond acceptors (Lipinski definition) is 3. The first-order valence-electron chi connectivity index (χ1n) is 9.47. The molecule has 1 fully saturated rings. The summed E-state index contributed by atoms with van der Waals surface area (Å²) in [5.74, 6) is 1.35. The summed E-state index contributed by atoms with van der Waals surface area (Å²) in [5, 5.41) is 7.66. The second-order valence-electron chi connectivity index (χ2n) is 6.98. The highest BCUT2D eigenvalue weighted by molar-refractivity contribution is 5.83. The fourth-order valence-corrected chi connectivity index (χ4v) is 3.58. The predicted molar refractivity (Wildman–Crippen MR) is 104 cm³/mol. The molecule has 5 nitrogen and oxygen atoms in total. The maximum atomic E-state index is 13.4. The Morgan fingerprint density at radius 3 is 2.81 bits per heavy atom. The second kappa shape index (κ2) is 8.54. The van der Waals surface area contributed by atoms with Gasteiger partial charge in [-0.1, -0.05) is 6.92 Å². The number of aryl methyl sites for hydroxylation is 1. The monoisotopic (exact) mass is 360 g/mol. The minimum atomic E-state index is -0.243. The summed E-state index contributed by atoms with van der Waals surface area (Å²) in [6.07, 6.45) is 3.47. The van der Waals surface area contributed by atoms with Gasteiger partial charge in [0.25, 0.3) is 0 Å². The molecule has 0 radical (unpaired) electrons. The van der Waals surface area contributed by atoms with E-state index >= 15 is 0 Å². The van der Waals surface area contributed by atoms with Gasteiger partial charge in [0.1, 0.15) is 17.2 Å². The van der Waals surface area contributed by atoms with E-state index in [0.717, 1.165) is 48.6 Å². The first-order chi connectivity index (χ1) is 12.6. The van der Waals surface area contributed by atoms with E-state index in [0.29, 0.717) is 18.2 Å². The predicted octanol–water partition coefficient (Wildman–Crippen LogP) is 3.42. The molecule has 0 atom stereocenters. The van der Waals surface area contributed by atoms with Crippen molar-refractivity contribution < 1.29 is 8.81 Å². The summed E-state index contributed by atoms with van der Waals surface area (Å²) >= 11 is 0. The maximum absolute atomic E-state index is 13.4. The van der Waals surface area contributed by atoms with Crippen LogP contribution in [0.15, 0.2) is 27.6 Å². The standard InChI is InChI=1S/C20H29FN4O/c1-4-9-25-10-7-16(8-11-25)24-20(22-3)23-13-19-14(2)17-12-15(21)5-6-18(17)26-19/h5-6,12,16H,4,7-11,13H2,1-3H3,(H2,22,23,24). The zero-order valence-electron chi connectivity index (χ0n) is 15.9. The van der Waals surface area contributed by atoms with E-state index < -0.39 is 0 Å². The lowest BCUT2D eigenvalue weighted by molar-refractivity contribution is 0.206. The first-order valence-corrected chi connectivity index (χ1v) is 9.47. The molecule has 2 heterocycles. The van der Waals surface area contributed by atoms with Gasteiger partial charge in [0.05, 0.1) is 6.54 Å². The second-order valence-corrected chi connectivity index (χ2v) is 6.98. The molecule has 0 saturated carbocycles. The first kappa shape index (κ1) is 18.7. The third kappa shape index (κ3) is 4.36. The molecule has 0 aliphatic carbocycles. The smallest absolute Gasteiger partial charge is 0.191 e.